The van der Waals surface area contributed by atoms with Crippen LogP contribution in [-0.4, -0.2) is 23.1 Å². The molecule has 1 amide bonds. The summed E-state index contributed by atoms with van der Waals surface area (Å²) in [6, 6.07) is 5.07. The zero-order valence-electron chi connectivity index (χ0n) is 11.7. The number of carbonyl (C=O) groups excluding carboxylic acids is 2. The lowest BCUT2D eigenvalue weighted by molar-refractivity contribution is -0.123. The number of amides is 1. The molecule has 0 saturated carbocycles. The molecule has 1 aromatic heterocycles. The second kappa shape index (κ2) is 6.69. The van der Waals surface area contributed by atoms with Gasteiger partial charge in [0.2, 0.25) is 0 Å². The molecule has 1 atom stereocenters. The first-order valence-electron chi connectivity index (χ1n) is 6.27. The molecule has 0 bridgehead atoms. The highest BCUT2D eigenvalue weighted by atomic mass is 79.9. The number of halogens is 2. The molecule has 116 valence electrons. The summed E-state index contributed by atoms with van der Waals surface area (Å²) in [5, 5.41) is 6.05. The van der Waals surface area contributed by atoms with E-state index in [1.54, 1.807) is 6.92 Å². The number of aryl methyl sites for hydroxylation is 1. The molecule has 0 aliphatic carbocycles. The highest BCUT2D eigenvalue weighted by molar-refractivity contribution is 9.10. The van der Waals surface area contributed by atoms with Crippen molar-refractivity contribution in [3.8, 4) is 0 Å². The van der Waals surface area contributed by atoms with Crippen molar-refractivity contribution < 1.29 is 23.2 Å². The molecular formula is C14H12BrFN2O4. The summed E-state index contributed by atoms with van der Waals surface area (Å²) in [7, 11) is 0. The van der Waals surface area contributed by atoms with E-state index in [0.29, 0.717) is 5.76 Å². The van der Waals surface area contributed by atoms with Crippen molar-refractivity contribution in [3.63, 3.8) is 0 Å². The minimum absolute atomic E-state index is 0.123. The van der Waals surface area contributed by atoms with Gasteiger partial charge in [0, 0.05) is 10.5 Å². The van der Waals surface area contributed by atoms with Crippen molar-refractivity contribution in [1.82, 2.24) is 5.16 Å². The summed E-state index contributed by atoms with van der Waals surface area (Å²) < 4.78 is 23.1. The summed E-state index contributed by atoms with van der Waals surface area (Å²) in [4.78, 5) is 23.8. The second-order valence-corrected chi connectivity index (χ2v) is 5.34. The predicted molar refractivity (Wildman–Crippen MR) is 78.8 cm³/mol. The molecular weight excluding hydrogens is 359 g/mol. The number of esters is 1. The van der Waals surface area contributed by atoms with Crippen LogP contribution in [0.1, 0.15) is 23.0 Å². The van der Waals surface area contributed by atoms with E-state index in [2.05, 4.69) is 26.4 Å². The highest BCUT2D eigenvalue weighted by Crippen LogP contribution is 2.19. The van der Waals surface area contributed by atoms with E-state index >= 15 is 0 Å². The van der Waals surface area contributed by atoms with Gasteiger partial charge in [0.05, 0.1) is 5.56 Å². The molecule has 0 spiro atoms. The summed E-state index contributed by atoms with van der Waals surface area (Å²) in [6.07, 6.45) is -1.05. The van der Waals surface area contributed by atoms with Crippen LogP contribution in [0.5, 0.6) is 0 Å². The van der Waals surface area contributed by atoms with Crippen LogP contribution in [0.3, 0.4) is 0 Å². The third kappa shape index (κ3) is 3.91. The fourth-order valence-corrected chi connectivity index (χ4v) is 2.10. The number of nitrogens with zero attached hydrogens (tertiary/aromatic N) is 1. The molecule has 8 heteroatoms. The smallest absolute Gasteiger partial charge is 0.340 e. The Bertz CT molecular complexity index is 717. The first-order valence-corrected chi connectivity index (χ1v) is 7.06. The van der Waals surface area contributed by atoms with Crippen LogP contribution in [0.2, 0.25) is 0 Å². The third-order valence-corrected chi connectivity index (χ3v) is 3.34. The maximum absolute atomic E-state index is 13.0. The first kappa shape index (κ1) is 16.2. The van der Waals surface area contributed by atoms with Crippen LogP contribution < -0.4 is 5.32 Å². The number of hydrogen-bond acceptors (Lipinski definition) is 5. The predicted octanol–water partition coefficient (Wildman–Crippen LogP) is 3.07. The van der Waals surface area contributed by atoms with E-state index in [4.69, 9.17) is 9.26 Å². The molecule has 1 aromatic carbocycles. The minimum Gasteiger partial charge on any atom is -0.449 e. The lowest BCUT2D eigenvalue weighted by atomic mass is 10.2. The molecule has 6 nitrogen and oxygen atoms in total. The third-order valence-electron chi connectivity index (χ3n) is 2.68. The molecule has 22 heavy (non-hydrogen) atoms. The molecule has 1 unspecified atom stereocenters. The van der Waals surface area contributed by atoms with Gasteiger partial charge in [-0.2, -0.15) is 0 Å². The first-order chi connectivity index (χ1) is 10.4. The Hall–Kier alpha value is -2.22. The standard InChI is InChI=1S/C14H12BrFN2O4/c1-7-5-12(18-22-7)17-13(19)8(2)21-14(20)10-4-3-9(16)6-11(10)15/h3-6,8H,1-2H3,(H,17,18,19). The van der Waals surface area contributed by atoms with E-state index in [1.165, 1.54) is 19.1 Å². The Kier molecular flexibility index (Phi) is 4.92. The van der Waals surface area contributed by atoms with Crippen LogP contribution in [-0.2, 0) is 9.53 Å². The SMILES string of the molecule is Cc1cc(NC(=O)C(C)OC(=O)c2ccc(F)cc2Br)no1. The van der Waals surface area contributed by atoms with E-state index in [1.807, 2.05) is 0 Å². The van der Waals surface area contributed by atoms with Gasteiger partial charge in [-0.05, 0) is 48.0 Å². The van der Waals surface area contributed by atoms with Crippen LogP contribution in [0.4, 0.5) is 10.2 Å². The number of hydrogen-bond donors (Lipinski definition) is 1. The number of aromatic nitrogens is 1. The van der Waals surface area contributed by atoms with Gasteiger partial charge >= 0.3 is 5.97 Å². The lowest BCUT2D eigenvalue weighted by Gasteiger charge is -2.13. The number of anilines is 1. The zero-order chi connectivity index (χ0) is 16.3. The van der Waals surface area contributed by atoms with Crippen LogP contribution >= 0.6 is 15.9 Å². The summed E-state index contributed by atoms with van der Waals surface area (Å²) in [5.74, 6) is -1.02. The average Bonchev–Trinajstić information content (AvgIpc) is 2.83. The number of benzene rings is 1. The van der Waals surface area contributed by atoms with Gasteiger partial charge in [0.25, 0.3) is 5.91 Å². The summed E-state index contributed by atoms with van der Waals surface area (Å²) in [5.41, 5.74) is 0.123. The molecule has 0 aliphatic rings. The Labute approximate surface area is 133 Å². The highest BCUT2D eigenvalue weighted by Gasteiger charge is 2.21. The van der Waals surface area contributed by atoms with Crippen LogP contribution in [0, 0.1) is 12.7 Å². The van der Waals surface area contributed by atoms with Gasteiger partial charge in [-0.15, -0.1) is 0 Å². The summed E-state index contributed by atoms with van der Waals surface area (Å²) in [6.45, 7) is 3.09. The van der Waals surface area contributed by atoms with Gasteiger partial charge in [0.1, 0.15) is 11.6 Å². The van der Waals surface area contributed by atoms with Crippen molar-refractivity contribution in [2.75, 3.05) is 5.32 Å². The number of carbonyl (C=O) groups is 2. The van der Waals surface area contributed by atoms with Crippen molar-refractivity contribution in [2.45, 2.75) is 20.0 Å². The normalized spacial score (nSPS) is 11.8. The number of nitrogens with one attached hydrogen (secondary N) is 1. The molecule has 2 aromatic rings. The minimum atomic E-state index is -1.05. The maximum atomic E-state index is 13.0. The number of ether oxygens (including phenoxy) is 1. The monoisotopic (exact) mass is 370 g/mol. The Morgan fingerprint density at radius 1 is 1.41 bits per heavy atom. The van der Waals surface area contributed by atoms with E-state index in [0.717, 1.165) is 12.1 Å². The van der Waals surface area contributed by atoms with Crippen molar-refractivity contribution in [3.05, 3.63) is 45.9 Å². The van der Waals surface area contributed by atoms with Crippen LogP contribution in [0.15, 0.2) is 33.3 Å². The maximum Gasteiger partial charge on any atom is 0.340 e. The van der Waals surface area contributed by atoms with Gasteiger partial charge in [-0.25, -0.2) is 9.18 Å². The molecule has 0 radical (unpaired) electrons. The van der Waals surface area contributed by atoms with Gasteiger partial charge in [0.15, 0.2) is 11.9 Å². The van der Waals surface area contributed by atoms with Gasteiger partial charge in [-0.3, -0.25) is 4.79 Å². The van der Waals surface area contributed by atoms with E-state index in [-0.39, 0.29) is 15.9 Å². The van der Waals surface area contributed by atoms with E-state index < -0.39 is 23.8 Å². The molecule has 2 rings (SSSR count). The van der Waals surface area contributed by atoms with Crippen molar-refractivity contribution in [1.29, 1.82) is 0 Å². The molecule has 0 aliphatic heterocycles. The largest absolute Gasteiger partial charge is 0.449 e. The summed E-state index contributed by atoms with van der Waals surface area (Å²) >= 11 is 3.07. The van der Waals surface area contributed by atoms with E-state index in [9.17, 15) is 14.0 Å². The fraction of sp³-hybridized carbons (Fsp3) is 0.214. The molecule has 0 saturated heterocycles. The molecule has 1 heterocycles. The second-order valence-electron chi connectivity index (χ2n) is 4.48. The van der Waals surface area contributed by atoms with Gasteiger partial charge < -0.3 is 14.6 Å². The van der Waals surface area contributed by atoms with Crippen molar-refractivity contribution >= 4 is 33.6 Å². The molecule has 1 N–H and O–H groups in total. The lowest BCUT2D eigenvalue weighted by Crippen LogP contribution is -2.30. The zero-order valence-corrected chi connectivity index (χ0v) is 13.3. The average molecular weight is 371 g/mol. The van der Waals surface area contributed by atoms with Crippen LogP contribution in [0.25, 0.3) is 0 Å². The Balaban J connectivity index is 1.99. The molecule has 0 fully saturated rings. The Morgan fingerprint density at radius 3 is 2.73 bits per heavy atom. The number of rotatable bonds is 4. The Morgan fingerprint density at radius 2 is 2.14 bits per heavy atom. The fourth-order valence-electron chi connectivity index (χ4n) is 1.59. The topological polar surface area (TPSA) is 81.4 Å². The van der Waals surface area contributed by atoms with Gasteiger partial charge in [-0.1, -0.05) is 5.16 Å². The van der Waals surface area contributed by atoms with Crippen molar-refractivity contribution in [2.24, 2.45) is 0 Å². The quantitative estimate of drug-likeness (QED) is 0.836.